The van der Waals surface area contributed by atoms with Gasteiger partial charge in [0.05, 0.1) is 0 Å². The van der Waals surface area contributed by atoms with Crippen molar-refractivity contribution in [2.75, 3.05) is 44.7 Å². The van der Waals surface area contributed by atoms with Crippen molar-refractivity contribution in [1.29, 1.82) is 0 Å². The zero-order valence-electron chi connectivity index (χ0n) is 15.1. The second kappa shape index (κ2) is 8.36. The fourth-order valence-corrected chi connectivity index (χ4v) is 3.94. The quantitative estimate of drug-likeness (QED) is 0.684. The number of nitrogens with zero attached hydrogens (tertiary/aromatic N) is 4. The van der Waals surface area contributed by atoms with Crippen LogP contribution in [0.15, 0.2) is 29.4 Å². The summed E-state index contributed by atoms with van der Waals surface area (Å²) in [4.78, 5) is 13.7. The van der Waals surface area contributed by atoms with Gasteiger partial charge in [-0.15, -0.1) is 0 Å². The Kier molecular flexibility index (Phi) is 5.94. The van der Waals surface area contributed by atoms with Crippen LogP contribution in [0.1, 0.15) is 32.6 Å². The smallest absolute Gasteiger partial charge is 0.193 e. The molecule has 5 nitrogen and oxygen atoms in total. The van der Waals surface area contributed by atoms with Crippen molar-refractivity contribution in [2.45, 2.75) is 32.6 Å². The Morgan fingerprint density at radius 1 is 1.21 bits per heavy atom. The average Bonchev–Trinajstić information content (AvgIpc) is 2.65. The van der Waals surface area contributed by atoms with Gasteiger partial charge in [-0.05, 0) is 30.4 Å². The first-order valence-corrected chi connectivity index (χ1v) is 9.39. The summed E-state index contributed by atoms with van der Waals surface area (Å²) in [6, 6.07) is 6.12. The number of rotatable bonds is 3. The van der Waals surface area contributed by atoms with Crippen molar-refractivity contribution >= 4 is 11.8 Å². The highest BCUT2D eigenvalue weighted by molar-refractivity contribution is 5.80. The molecule has 1 aliphatic carbocycles. The minimum Gasteiger partial charge on any atom is -0.356 e. The van der Waals surface area contributed by atoms with E-state index in [9.17, 15) is 0 Å². The van der Waals surface area contributed by atoms with E-state index < -0.39 is 0 Å². The molecular formula is C19H31N5. The molecule has 2 unspecified atom stereocenters. The third-order valence-electron chi connectivity index (χ3n) is 5.58. The molecule has 132 valence electrons. The van der Waals surface area contributed by atoms with Gasteiger partial charge in [0, 0.05) is 46.0 Å². The first-order valence-electron chi connectivity index (χ1n) is 9.39. The Morgan fingerprint density at radius 2 is 2.00 bits per heavy atom. The van der Waals surface area contributed by atoms with Gasteiger partial charge in [-0.25, -0.2) is 4.98 Å². The molecule has 24 heavy (non-hydrogen) atoms. The molecule has 0 amide bonds. The van der Waals surface area contributed by atoms with Crippen LogP contribution >= 0.6 is 0 Å². The summed E-state index contributed by atoms with van der Waals surface area (Å²) in [5.41, 5.74) is 0. The van der Waals surface area contributed by atoms with Gasteiger partial charge >= 0.3 is 0 Å². The molecule has 1 saturated carbocycles. The highest BCUT2D eigenvalue weighted by atomic mass is 15.4. The topological polar surface area (TPSA) is 43.8 Å². The van der Waals surface area contributed by atoms with E-state index in [0.29, 0.717) is 0 Å². The van der Waals surface area contributed by atoms with E-state index in [1.807, 2.05) is 19.3 Å². The van der Waals surface area contributed by atoms with Gasteiger partial charge in [0.15, 0.2) is 5.96 Å². The number of anilines is 1. The summed E-state index contributed by atoms with van der Waals surface area (Å²) in [5.74, 6) is 3.78. The highest BCUT2D eigenvalue weighted by Gasteiger charge is 2.24. The summed E-state index contributed by atoms with van der Waals surface area (Å²) in [7, 11) is 1.90. The zero-order valence-corrected chi connectivity index (χ0v) is 15.1. The lowest BCUT2D eigenvalue weighted by molar-refractivity contribution is 0.252. The normalized spacial score (nSPS) is 25.7. The molecular weight excluding hydrogens is 298 g/mol. The molecule has 3 rings (SSSR count). The SMILES string of the molecule is CN=C(NCC1CCCCC1C)N1CCN(c2ccccn2)CC1. The summed E-state index contributed by atoms with van der Waals surface area (Å²) in [6.45, 7) is 7.45. The van der Waals surface area contributed by atoms with Crippen molar-refractivity contribution in [1.82, 2.24) is 15.2 Å². The minimum atomic E-state index is 0.797. The fourth-order valence-electron chi connectivity index (χ4n) is 3.94. The zero-order chi connectivity index (χ0) is 16.8. The van der Waals surface area contributed by atoms with E-state index in [1.165, 1.54) is 25.7 Å². The summed E-state index contributed by atoms with van der Waals surface area (Å²) < 4.78 is 0. The first kappa shape index (κ1) is 17.1. The number of pyridine rings is 1. The van der Waals surface area contributed by atoms with Crippen molar-refractivity contribution in [3.63, 3.8) is 0 Å². The van der Waals surface area contributed by atoms with Gasteiger partial charge in [-0.2, -0.15) is 0 Å². The lowest BCUT2D eigenvalue weighted by Crippen LogP contribution is -2.53. The Labute approximate surface area is 146 Å². The van der Waals surface area contributed by atoms with Crippen molar-refractivity contribution < 1.29 is 0 Å². The number of nitrogens with one attached hydrogen (secondary N) is 1. The molecule has 0 radical (unpaired) electrons. The predicted molar refractivity (Wildman–Crippen MR) is 101 cm³/mol. The predicted octanol–water partition coefficient (Wildman–Crippen LogP) is 2.61. The van der Waals surface area contributed by atoms with Crippen LogP contribution in [0.2, 0.25) is 0 Å². The molecule has 0 spiro atoms. The molecule has 0 aromatic carbocycles. The average molecular weight is 329 g/mol. The fraction of sp³-hybridized carbons (Fsp3) is 0.684. The monoisotopic (exact) mass is 329 g/mol. The summed E-state index contributed by atoms with van der Waals surface area (Å²) >= 11 is 0. The van der Waals surface area contributed by atoms with E-state index in [-0.39, 0.29) is 0 Å². The number of hydrogen-bond donors (Lipinski definition) is 1. The Balaban J connectivity index is 1.49. The molecule has 2 fully saturated rings. The lowest BCUT2D eigenvalue weighted by Gasteiger charge is -2.38. The summed E-state index contributed by atoms with van der Waals surface area (Å²) in [5, 5.41) is 3.64. The van der Waals surface area contributed by atoms with Crippen molar-refractivity contribution in [2.24, 2.45) is 16.8 Å². The van der Waals surface area contributed by atoms with Crippen LogP contribution < -0.4 is 10.2 Å². The number of piperazine rings is 1. The van der Waals surface area contributed by atoms with Crippen molar-refractivity contribution in [3.05, 3.63) is 24.4 Å². The number of guanidine groups is 1. The second-order valence-corrected chi connectivity index (χ2v) is 7.11. The van der Waals surface area contributed by atoms with Crippen LogP contribution in [0.3, 0.4) is 0 Å². The van der Waals surface area contributed by atoms with E-state index >= 15 is 0 Å². The van der Waals surface area contributed by atoms with Gasteiger partial charge in [-0.1, -0.05) is 32.3 Å². The maximum atomic E-state index is 4.52. The van der Waals surface area contributed by atoms with Crippen molar-refractivity contribution in [3.8, 4) is 0 Å². The number of aromatic nitrogens is 1. The number of hydrogen-bond acceptors (Lipinski definition) is 3. The van der Waals surface area contributed by atoms with Gasteiger partial charge < -0.3 is 15.1 Å². The van der Waals surface area contributed by atoms with E-state index in [4.69, 9.17) is 0 Å². The maximum Gasteiger partial charge on any atom is 0.193 e. The van der Waals surface area contributed by atoms with Gasteiger partial charge in [-0.3, -0.25) is 4.99 Å². The molecule has 2 heterocycles. The molecule has 2 atom stereocenters. The van der Waals surface area contributed by atoms with E-state index in [0.717, 1.165) is 56.3 Å². The van der Waals surface area contributed by atoms with Crippen LogP contribution in [0.5, 0.6) is 0 Å². The van der Waals surface area contributed by atoms with E-state index in [2.05, 4.69) is 44.1 Å². The molecule has 1 aromatic heterocycles. The first-order chi connectivity index (χ1) is 11.8. The van der Waals surface area contributed by atoms with Crippen LogP contribution in [0, 0.1) is 11.8 Å². The van der Waals surface area contributed by atoms with Crippen LogP contribution in [-0.4, -0.2) is 55.6 Å². The third-order valence-corrected chi connectivity index (χ3v) is 5.58. The molecule has 0 bridgehead atoms. The van der Waals surface area contributed by atoms with E-state index in [1.54, 1.807) is 0 Å². The Morgan fingerprint density at radius 3 is 2.67 bits per heavy atom. The Hall–Kier alpha value is -1.78. The highest BCUT2D eigenvalue weighted by Crippen LogP contribution is 2.28. The van der Waals surface area contributed by atoms with Gasteiger partial charge in [0.2, 0.25) is 0 Å². The maximum absolute atomic E-state index is 4.52. The molecule has 1 N–H and O–H groups in total. The number of aliphatic imine (C=N–C) groups is 1. The van der Waals surface area contributed by atoms with Crippen LogP contribution in [-0.2, 0) is 0 Å². The minimum absolute atomic E-state index is 0.797. The largest absolute Gasteiger partial charge is 0.356 e. The molecule has 2 aliphatic rings. The molecule has 5 heteroatoms. The molecule has 1 aromatic rings. The van der Waals surface area contributed by atoms with Crippen LogP contribution in [0.4, 0.5) is 5.82 Å². The second-order valence-electron chi connectivity index (χ2n) is 7.11. The van der Waals surface area contributed by atoms with Crippen LogP contribution in [0.25, 0.3) is 0 Å². The Bertz CT molecular complexity index is 522. The lowest BCUT2D eigenvalue weighted by atomic mass is 9.80. The summed E-state index contributed by atoms with van der Waals surface area (Å²) in [6.07, 6.45) is 7.40. The molecule has 1 saturated heterocycles. The van der Waals surface area contributed by atoms with Gasteiger partial charge in [0.1, 0.15) is 5.82 Å². The molecule has 1 aliphatic heterocycles. The third kappa shape index (κ3) is 4.19. The standard InChI is InChI=1S/C19H31N5/c1-16-7-3-4-8-17(16)15-22-19(20-2)24-13-11-23(12-14-24)18-9-5-6-10-21-18/h5-6,9-10,16-17H,3-4,7-8,11-15H2,1-2H3,(H,20,22). The van der Waals surface area contributed by atoms with Gasteiger partial charge in [0.25, 0.3) is 0 Å².